The Kier molecular flexibility index (Phi) is 6.55. The van der Waals surface area contributed by atoms with E-state index in [1.165, 1.54) is 49.8 Å². The molecule has 20 heavy (non-hydrogen) atoms. The zero-order chi connectivity index (χ0) is 14.2. The fourth-order valence-corrected chi connectivity index (χ4v) is 2.43. The minimum atomic E-state index is 0.582. The van der Waals surface area contributed by atoms with Crippen LogP contribution in [0.4, 0.5) is 0 Å². The molecule has 0 heterocycles. The zero-order valence-corrected chi connectivity index (χ0v) is 13.1. The van der Waals surface area contributed by atoms with Crippen molar-refractivity contribution in [3.8, 4) is 0 Å². The highest BCUT2D eigenvalue weighted by Crippen LogP contribution is 2.18. The lowest BCUT2D eigenvalue weighted by Crippen LogP contribution is -2.24. The number of benzene rings is 1. The monoisotopic (exact) mass is 274 g/mol. The molecule has 1 fully saturated rings. The highest BCUT2D eigenvalue weighted by Gasteiger charge is 2.19. The van der Waals surface area contributed by atoms with E-state index in [0.717, 1.165) is 19.0 Å². The average Bonchev–Trinajstić information content (AvgIpc) is 3.24. The third-order valence-electron chi connectivity index (χ3n) is 3.89. The van der Waals surface area contributed by atoms with Gasteiger partial charge >= 0.3 is 0 Å². The van der Waals surface area contributed by atoms with Crippen molar-refractivity contribution in [1.82, 2.24) is 10.6 Å². The SMILES string of the molecule is CC(C)NCCc1ccc(CCCCNC2CC2)cc1. The second-order valence-corrected chi connectivity index (χ2v) is 6.36. The second-order valence-electron chi connectivity index (χ2n) is 6.36. The molecule has 2 N–H and O–H groups in total. The summed E-state index contributed by atoms with van der Waals surface area (Å²) in [5, 5.41) is 7.04. The average molecular weight is 274 g/mol. The van der Waals surface area contributed by atoms with Crippen molar-refractivity contribution in [3.05, 3.63) is 35.4 Å². The quantitative estimate of drug-likeness (QED) is 0.640. The summed E-state index contributed by atoms with van der Waals surface area (Å²) in [6, 6.07) is 10.6. The fraction of sp³-hybridized carbons (Fsp3) is 0.667. The van der Waals surface area contributed by atoms with Crippen molar-refractivity contribution >= 4 is 0 Å². The van der Waals surface area contributed by atoms with Crippen molar-refractivity contribution in [3.63, 3.8) is 0 Å². The highest BCUT2D eigenvalue weighted by atomic mass is 14.9. The molecule has 0 amide bonds. The third kappa shape index (κ3) is 6.53. The van der Waals surface area contributed by atoms with Gasteiger partial charge in [-0.25, -0.2) is 0 Å². The Hall–Kier alpha value is -0.860. The number of aryl methyl sites for hydroxylation is 1. The maximum Gasteiger partial charge on any atom is 0.00682 e. The predicted molar refractivity (Wildman–Crippen MR) is 87.2 cm³/mol. The van der Waals surface area contributed by atoms with Crippen LogP contribution >= 0.6 is 0 Å². The molecule has 112 valence electrons. The summed E-state index contributed by atoms with van der Waals surface area (Å²) >= 11 is 0. The van der Waals surface area contributed by atoms with Crippen LogP contribution in [0.15, 0.2) is 24.3 Å². The topological polar surface area (TPSA) is 24.1 Å². The van der Waals surface area contributed by atoms with E-state index >= 15 is 0 Å². The molecule has 0 spiro atoms. The van der Waals surface area contributed by atoms with Gasteiger partial charge in [-0.1, -0.05) is 38.1 Å². The molecule has 0 aliphatic heterocycles. The summed E-state index contributed by atoms with van der Waals surface area (Å²) in [6.07, 6.45) is 7.74. The van der Waals surface area contributed by atoms with Crippen molar-refractivity contribution in [2.45, 2.75) is 64.5 Å². The molecule has 2 nitrogen and oxygen atoms in total. The van der Waals surface area contributed by atoms with E-state index in [-0.39, 0.29) is 0 Å². The Morgan fingerprint density at radius 1 is 0.950 bits per heavy atom. The minimum Gasteiger partial charge on any atom is -0.314 e. The van der Waals surface area contributed by atoms with Crippen molar-refractivity contribution < 1.29 is 0 Å². The smallest absolute Gasteiger partial charge is 0.00682 e. The third-order valence-corrected chi connectivity index (χ3v) is 3.89. The van der Waals surface area contributed by atoms with Gasteiger partial charge < -0.3 is 10.6 Å². The minimum absolute atomic E-state index is 0.582. The molecule has 0 aromatic heterocycles. The van der Waals surface area contributed by atoms with E-state index in [1.54, 1.807) is 0 Å². The van der Waals surface area contributed by atoms with Crippen molar-refractivity contribution in [2.75, 3.05) is 13.1 Å². The normalized spacial score (nSPS) is 14.9. The number of rotatable bonds is 10. The van der Waals surface area contributed by atoms with Crippen LogP contribution in [0.3, 0.4) is 0 Å². The molecule has 2 rings (SSSR count). The van der Waals surface area contributed by atoms with Gasteiger partial charge in [-0.3, -0.25) is 0 Å². The first-order chi connectivity index (χ1) is 9.74. The molecule has 1 saturated carbocycles. The first kappa shape index (κ1) is 15.5. The Morgan fingerprint density at radius 3 is 2.20 bits per heavy atom. The lowest BCUT2D eigenvalue weighted by Gasteiger charge is -2.08. The van der Waals surface area contributed by atoms with E-state index in [0.29, 0.717) is 6.04 Å². The maximum absolute atomic E-state index is 3.58. The van der Waals surface area contributed by atoms with Crippen molar-refractivity contribution in [1.29, 1.82) is 0 Å². The van der Waals surface area contributed by atoms with Crippen LogP contribution in [-0.2, 0) is 12.8 Å². The molecule has 1 aliphatic carbocycles. The Bertz CT molecular complexity index is 366. The van der Waals surface area contributed by atoms with Gasteiger partial charge in [0.15, 0.2) is 0 Å². The molecule has 2 heteroatoms. The number of unbranched alkanes of at least 4 members (excludes halogenated alkanes) is 1. The second kappa shape index (κ2) is 8.43. The van der Waals surface area contributed by atoms with E-state index in [2.05, 4.69) is 48.7 Å². The molecule has 1 aromatic carbocycles. The summed E-state index contributed by atoms with van der Waals surface area (Å²) in [7, 11) is 0. The van der Waals surface area contributed by atoms with Gasteiger partial charge in [0.05, 0.1) is 0 Å². The Labute approximate surface area is 124 Å². The molecular weight excluding hydrogens is 244 g/mol. The zero-order valence-electron chi connectivity index (χ0n) is 13.1. The number of hydrogen-bond acceptors (Lipinski definition) is 2. The van der Waals surface area contributed by atoms with Crippen LogP contribution in [0.1, 0.15) is 50.7 Å². The van der Waals surface area contributed by atoms with Gasteiger partial charge in [-0.2, -0.15) is 0 Å². The molecule has 0 radical (unpaired) electrons. The lowest BCUT2D eigenvalue weighted by atomic mass is 10.0. The summed E-state index contributed by atoms with van der Waals surface area (Å²) in [5.41, 5.74) is 2.93. The van der Waals surface area contributed by atoms with Gasteiger partial charge in [0, 0.05) is 12.1 Å². The van der Waals surface area contributed by atoms with Crippen LogP contribution < -0.4 is 10.6 Å². The molecule has 0 unspecified atom stereocenters. The summed E-state index contributed by atoms with van der Waals surface area (Å²) < 4.78 is 0. The van der Waals surface area contributed by atoms with Gasteiger partial charge in [0.25, 0.3) is 0 Å². The van der Waals surface area contributed by atoms with E-state index in [4.69, 9.17) is 0 Å². The lowest BCUT2D eigenvalue weighted by molar-refractivity contribution is 0.590. The Morgan fingerprint density at radius 2 is 1.60 bits per heavy atom. The van der Waals surface area contributed by atoms with E-state index in [9.17, 15) is 0 Å². The predicted octanol–water partition coefficient (Wildman–Crippen LogP) is 3.30. The van der Waals surface area contributed by atoms with Crippen LogP contribution in [0, 0.1) is 0 Å². The maximum atomic E-state index is 3.58. The van der Waals surface area contributed by atoms with Crippen LogP contribution in [0.2, 0.25) is 0 Å². The first-order valence-electron chi connectivity index (χ1n) is 8.28. The standard InChI is InChI=1S/C18H30N2/c1-15(2)19-14-12-17-8-6-16(7-9-17)5-3-4-13-20-18-10-11-18/h6-9,15,18-20H,3-5,10-14H2,1-2H3. The van der Waals surface area contributed by atoms with Crippen LogP contribution in [-0.4, -0.2) is 25.2 Å². The molecule has 0 saturated heterocycles. The number of hydrogen-bond donors (Lipinski definition) is 2. The molecular formula is C18H30N2. The first-order valence-corrected chi connectivity index (χ1v) is 8.28. The fourth-order valence-electron chi connectivity index (χ4n) is 2.43. The van der Waals surface area contributed by atoms with Crippen molar-refractivity contribution in [2.24, 2.45) is 0 Å². The van der Waals surface area contributed by atoms with Gasteiger partial charge in [0.1, 0.15) is 0 Å². The van der Waals surface area contributed by atoms with Gasteiger partial charge in [-0.15, -0.1) is 0 Å². The molecule has 0 atom stereocenters. The molecule has 1 aliphatic rings. The van der Waals surface area contributed by atoms with E-state index in [1.807, 2.05) is 0 Å². The highest BCUT2D eigenvalue weighted by molar-refractivity contribution is 5.22. The largest absolute Gasteiger partial charge is 0.314 e. The summed E-state index contributed by atoms with van der Waals surface area (Å²) in [4.78, 5) is 0. The van der Waals surface area contributed by atoms with Gasteiger partial charge in [-0.05, 0) is 62.7 Å². The van der Waals surface area contributed by atoms with Crippen LogP contribution in [0.25, 0.3) is 0 Å². The summed E-state index contributed by atoms with van der Waals surface area (Å²) in [5.74, 6) is 0. The molecule has 1 aromatic rings. The number of nitrogens with one attached hydrogen (secondary N) is 2. The molecule has 0 bridgehead atoms. The van der Waals surface area contributed by atoms with Gasteiger partial charge in [0.2, 0.25) is 0 Å². The summed E-state index contributed by atoms with van der Waals surface area (Å²) in [6.45, 7) is 6.66. The van der Waals surface area contributed by atoms with E-state index < -0.39 is 0 Å². The van der Waals surface area contributed by atoms with Crippen LogP contribution in [0.5, 0.6) is 0 Å². The Balaban J connectivity index is 1.57.